The summed E-state index contributed by atoms with van der Waals surface area (Å²) in [5.74, 6) is 0.519. The van der Waals surface area contributed by atoms with Gasteiger partial charge < -0.3 is 0 Å². The van der Waals surface area contributed by atoms with Crippen molar-refractivity contribution in [3.8, 4) is 5.95 Å². The molecule has 2 heterocycles. The van der Waals surface area contributed by atoms with E-state index < -0.39 is 0 Å². The predicted molar refractivity (Wildman–Crippen MR) is 61.3 cm³/mol. The first kappa shape index (κ1) is 10.6. The molecular weight excluding hydrogens is 279 g/mol. The van der Waals surface area contributed by atoms with Crippen molar-refractivity contribution in [2.75, 3.05) is 0 Å². The van der Waals surface area contributed by atoms with Crippen molar-refractivity contribution in [3.63, 3.8) is 0 Å². The largest absolute Gasteiger partial charge is 0.250 e. The first-order valence-corrected chi connectivity index (χ1v) is 5.46. The van der Waals surface area contributed by atoms with Crippen LogP contribution in [0.25, 0.3) is 5.95 Å². The van der Waals surface area contributed by atoms with Crippen LogP contribution in [-0.2, 0) is 0 Å². The Kier molecular flexibility index (Phi) is 2.75. The quantitative estimate of drug-likeness (QED) is 0.810. The summed E-state index contributed by atoms with van der Waals surface area (Å²) in [5, 5.41) is 4.82. The Hall–Kier alpha value is -0.940. The van der Waals surface area contributed by atoms with Crippen LogP contribution in [0.5, 0.6) is 0 Å². The molecule has 0 aliphatic heterocycles. The van der Waals surface area contributed by atoms with Gasteiger partial charge in [0.2, 0.25) is 0 Å². The number of rotatable bonds is 1. The number of nitrogens with zero attached hydrogens (tertiary/aromatic N) is 4. The molecule has 78 valence electrons. The molecule has 0 spiro atoms. The number of halogens is 2. The molecule has 0 bridgehead atoms. The zero-order valence-electron chi connectivity index (χ0n) is 8.20. The minimum Gasteiger partial charge on any atom is -0.218 e. The number of aryl methyl sites for hydroxylation is 1. The summed E-state index contributed by atoms with van der Waals surface area (Å²) >= 11 is 9.16. The molecule has 0 fully saturated rings. The van der Waals surface area contributed by atoms with Crippen LogP contribution in [0.4, 0.5) is 0 Å². The molecule has 2 aromatic rings. The van der Waals surface area contributed by atoms with Crippen LogP contribution in [0.15, 0.2) is 16.9 Å². The molecule has 0 saturated heterocycles. The summed E-state index contributed by atoms with van der Waals surface area (Å²) in [6.07, 6.45) is 3.10. The molecule has 0 atom stereocenters. The van der Waals surface area contributed by atoms with E-state index >= 15 is 0 Å². The Morgan fingerprint density at radius 1 is 1.27 bits per heavy atom. The van der Waals surface area contributed by atoms with E-state index in [-0.39, 0.29) is 0 Å². The summed E-state index contributed by atoms with van der Waals surface area (Å²) in [6.45, 7) is 3.87. The van der Waals surface area contributed by atoms with Gasteiger partial charge in [-0.25, -0.2) is 14.6 Å². The fourth-order valence-corrected chi connectivity index (χ4v) is 1.58. The maximum absolute atomic E-state index is 5.71. The standard InChI is InChI=1S/C9H8BrClN4/c1-5-8(10)6(2)15(14-5)9-12-3-7(11)4-13-9/h3-4H,1-2H3. The molecule has 0 aromatic carbocycles. The highest BCUT2D eigenvalue weighted by Crippen LogP contribution is 2.21. The monoisotopic (exact) mass is 286 g/mol. The first-order valence-electron chi connectivity index (χ1n) is 4.29. The lowest BCUT2D eigenvalue weighted by Gasteiger charge is -2.01. The second-order valence-electron chi connectivity index (χ2n) is 3.10. The van der Waals surface area contributed by atoms with E-state index in [4.69, 9.17) is 11.6 Å². The van der Waals surface area contributed by atoms with Gasteiger partial charge in [0, 0.05) is 0 Å². The summed E-state index contributed by atoms with van der Waals surface area (Å²) < 4.78 is 2.65. The van der Waals surface area contributed by atoms with Crippen molar-refractivity contribution in [1.29, 1.82) is 0 Å². The van der Waals surface area contributed by atoms with E-state index in [1.165, 1.54) is 0 Å². The molecule has 0 radical (unpaired) electrons. The van der Waals surface area contributed by atoms with Crippen LogP contribution in [0.1, 0.15) is 11.4 Å². The van der Waals surface area contributed by atoms with Gasteiger partial charge in [-0.15, -0.1) is 0 Å². The van der Waals surface area contributed by atoms with Crippen molar-refractivity contribution >= 4 is 27.5 Å². The number of hydrogen-bond donors (Lipinski definition) is 0. The molecule has 0 N–H and O–H groups in total. The van der Waals surface area contributed by atoms with Crippen LogP contribution < -0.4 is 0 Å². The predicted octanol–water partition coefficient (Wildman–Crippen LogP) is 2.70. The second kappa shape index (κ2) is 3.90. The van der Waals surface area contributed by atoms with E-state index in [9.17, 15) is 0 Å². The molecule has 4 nitrogen and oxygen atoms in total. The maximum Gasteiger partial charge on any atom is 0.250 e. The maximum atomic E-state index is 5.71. The molecule has 2 aromatic heterocycles. The highest BCUT2D eigenvalue weighted by Gasteiger charge is 2.11. The Morgan fingerprint density at radius 2 is 1.87 bits per heavy atom. The Bertz CT molecular complexity index is 492. The number of aromatic nitrogens is 4. The molecular formula is C9H8BrClN4. The van der Waals surface area contributed by atoms with E-state index in [0.717, 1.165) is 15.9 Å². The smallest absolute Gasteiger partial charge is 0.218 e. The van der Waals surface area contributed by atoms with Crippen LogP contribution in [0.3, 0.4) is 0 Å². The van der Waals surface area contributed by atoms with Gasteiger partial charge in [-0.05, 0) is 29.8 Å². The number of hydrogen-bond acceptors (Lipinski definition) is 3. The third-order valence-corrected chi connectivity index (χ3v) is 3.34. The van der Waals surface area contributed by atoms with Crippen LogP contribution in [0, 0.1) is 13.8 Å². The first-order chi connectivity index (χ1) is 7.09. The van der Waals surface area contributed by atoms with E-state index in [0.29, 0.717) is 11.0 Å². The lowest BCUT2D eigenvalue weighted by Crippen LogP contribution is -2.04. The molecule has 0 saturated carbocycles. The molecule has 0 aliphatic rings. The lowest BCUT2D eigenvalue weighted by molar-refractivity contribution is 0.773. The molecule has 2 rings (SSSR count). The van der Waals surface area contributed by atoms with Crippen molar-refractivity contribution in [2.24, 2.45) is 0 Å². The zero-order valence-corrected chi connectivity index (χ0v) is 10.5. The van der Waals surface area contributed by atoms with Gasteiger partial charge in [0.1, 0.15) is 0 Å². The van der Waals surface area contributed by atoms with Gasteiger partial charge in [0.05, 0.1) is 33.3 Å². The van der Waals surface area contributed by atoms with Gasteiger partial charge in [0.15, 0.2) is 0 Å². The Morgan fingerprint density at radius 3 is 2.33 bits per heavy atom. The SMILES string of the molecule is Cc1nn(-c2ncc(Cl)cn2)c(C)c1Br. The van der Waals surface area contributed by atoms with E-state index in [1.807, 2.05) is 13.8 Å². The van der Waals surface area contributed by atoms with Gasteiger partial charge in [-0.3, -0.25) is 0 Å². The van der Waals surface area contributed by atoms with Gasteiger partial charge in [0.25, 0.3) is 5.95 Å². The minimum atomic E-state index is 0.513. The zero-order chi connectivity index (χ0) is 11.0. The molecule has 15 heavy (non-hydrogen) atoms. The summed E-state index contributed by atoms with van der Waals surface area (Å²) in [5.41, 5.74) is 1.88. The fraction of sp³-hybridized carbons (Fsp3) is 0.222. The van der Waals surface area contributed by atoms with Crippen molar-refractivity contribution in [3.05, 3.63) is 33.3 Å². The van der Waals surface area contributed by atoms with Crippen molar-refractivity contribution < 1.29 is 0 Å². The summed E-state index contributed by atoms with van der Waals surface area (Å²) in [4.78, 5) is 8.20. The van der Waals surface area contributed by atoms with Crippen LogP contribution >= 0.6 is 27.5 Å². The Labute approximate surface area is 100 Å². The second-order valence-corrected chi connectivity index (χ2v) is 4.33. The van der Waals surface area contributed by atoms with Gasteiger partial charge in [-0.1, -0.05) is 11.6 Å². The third kappa shape index (κ3) is 1.89. The summed E-state index contributed by atoms with van der Waals surface area (Å²) in [6, 6.07) is 0. The van der Waals surface area contributed by atoms with Crippen LogP contribution in [0.2, 0.25) is 5.02 Å². The molecule has 6 heteroatoms. The minimum absolute atomic E-state index is 0.513. The summed E-state index contributed by atoms with van der Waals surface area (Å²) in [7, 11) is 0. The topological polar surface area (TPSA) is 43.6 Å². The van der Waals surface area contributed by atoms with Gasteiger partial charge >= 0.3 is 0 Å². The highest BCUT2D eigenvalue weighted by atomic mass is 79.9. The van der Waals surface area contributed by atoms with E-state index in [2.05, 4.69) is 31.0 Å². The average molecular weight is 288 g/mol. The lowest BCUT2D eigenvalue weighted by atomic mass is 10.4. The molecule has 0 amide bonds. The van der Waals surface area contributed by atoms with Crippen molar-refractivity contribution in [2.45, 2.75) is 13.8 Å². The normalized spacial score (nSPS) is 10.7. The fourth-order valence-electron chi connectivity index (χ4n) is 1.23. The van der Waals surface area contributed by atoms with Crippen molar-refractivity contribution in [1.82, 2.24) is 19.7 Å². The Balaban J connectivity index is 2.54. The van der Waals surface area contributed by atoms with E-state index in [1.54, 1.807) is 17.1 Å². The van der Waals surface area contributed by atoms with Crippen LogP contribution in [-0.4, -0.2) is 19.7 Å². The molecule has 0 aliphatic carbocycles. The van der Waals surface area contributed by atoms with Gasteiger partial charge in [-0.2, -0.15) is 5.10 Å². The molecule has 0 unspecified atom stereocenters. The average Bonchev–Trinajstić information content (AvgIpc) is 2.47. The third-order valence-electron chi connectivity index (χ3n) is 2.00. The highest BCUT2D eigenvalue weighted by molar-refractivity contribution is 9.10.